The predicted octanol–water partition coefficient (Wildman–Crippen LogP) is 3.65. The maximum absolute atomic E-state index is 12.3. The highest BCUT2D eigenvalue weighted by Gasteiger charge is 2.11. The molecule has 0 fully saturated rings. The second-order valence-corrected chi connectivity index (χ2v) is 5.20. The van der Waals surface area contributed by atoms with Crippen LogP contribution in [0.2, 0.25) is 0 Å². The molecule has 1 amide bonds. The molecule has 0 aromatic heterocycles. The van der Waals surface area contributed by atoms with E-state index in [0.29, 0.717) is 35.1 Å². The van der Waals surface area contributed by atoms with Gasteiger partial charge in [-0.1, -0.05) is 6.07 Å². The number of carbonyl (C=O) groups excluding carboxylic acids is 1. The van der Waals surface area contributed by atoms with Crippen LogP contribution in [0, 0.1) is 11.3 Å². The average Bonchev–Trinajstić information content (AvgIpc) is 2.67. The van der Waals surface area contributed by atoms with Crippen LogP contribution in [0.3, 0.4) is 0 Å². The van der Waals surface area contributed by atoms with Crippen molar-refractivity contribution < 1.29 is 19.0 Å². The predicted molar refractivity (Wildman–Crippen MR) is 99.4 cm³/mol. The van der Waals surface area contributed by atoms with Crippen molar-refractivity contribution >= 4 is 17.7 Å². The number of amides is 1. The largest absolute Gasteiger partial charge is 0.497 e. The lowest BCUT2D eigenvalue weighted by atomic mass is 10.1. The third-order valence-corrected chi connectivity index (χ3v) is 3.51. The number of nitrogens with one attached hydrogen (secondary N) is 1. The SMILES string of the molecule is CCOc1ccc(/C=C(/C#N)C(=O)Nc2ccc(OC)cc2)cc1OC. The van der Waals surface area contributed by atoms with E-state index in [-0.39, 0.29) is 5.57 Å². The highest BCUT2D eigenvalue weighted by molar-refractivity contribution is 6.09. The summed E-state index contributed by atoms with van der Waals surface area (Å²) in [7, 11) is 3.10. The first kappa shape index (κ1) is 18.9. The zero-order valence-electron chi connectivity index (χ0n) is 14.9. The Kier molecular flexibility index (Phi) is 6.63. The summed E-state index contributed by atoms with van der Waals surface area (Å²) in [4.78, 5) is 12.3. The Hall–Kier alpha value is -3.46. The molecule has 26 heavy (non-hydrogen) atoms. The molecule has 6 nitrogen and oxygen atoms in total. The number of ether oxygens (including phenoxy) is 3. The first-order chi connectivity index (χ1) is 12.6. The monoisotopic (exact) mass is 352 g/mol. The van der Waals surface area contributed by atoms with Crippen LogP contribution >= 0.6 is 0 Å². The van der Waals surface area contributed by atoms with Crippen molar-refractivity contribution in [2.24, 2.45) is 0 Å². The van der Waals surface area contributed by atoms with E-state index in [0.717, 1.165) is 0 Å². The molecular weight excluding hydrogens is 332 g/mol. The van der Waals surface area contributed by atoms with Crippen molar-refractivity contribution in [3.05, 3.63) is 53.6 Å². The second kappa shape index (κ2) is 9.14. The van der Waals surface area contributed by atoms with Gasteiger partial charge < -0.3 is 19.5 Å². The van der Waals surface area contributed by atoms with Crippen molar-refractivity contribution in [3.8, 4) is 23.3 Å². The number of anilines is 1. The molecule has 1 N–H and O–H groups in total. The van der Waals surface area contributed by atoms with Gasteiger partial charge in [0.05, 0.1) is 20.8 Å². The Morgan fingerprint density at radius 1 is 1.12 bits per heavy atom. The Morgan fingerprint density at radius 2 is 1.85 bits per heavy atom. The van der Waals surface area contributed by atoms with E-state index in [1.165, 1.54) is 13.2 Å². The normalized spacial score (nSPS) is 10.6. The lowest BCUT2D eigenvalue weighted by Crippen LogP contribution is -2.13. The molecular formula is C20H20N2O4. The van der Waals surface area contributed by atoms with Gasteiger partial charge in [-0.15, -0.1) is 0 Å². The molecule has 0 unspecified atom stereocenters. The van der Waals surface area contributed by atoms with Crippen LogP contribution in [0.15, 0.2) is 48.0 Å². The molecule has 0 aliphatic heterocycles. The molecule has 0 atom stereocenters. The quantitative estimate of drug-likeness (QED) is 0.608. The lowest BCUT2D eigenvalue weighted by Gasteiger charge is -2.10. The van der Waals surface area contributed by atoms with E-state index in [1.54, 1.807) is 49.6 Å². The number of benzene rings is 2. The molecule has 2 aromatic carbocycles. The van der Waals surface area contributed by atoms with Gasteiger partial charge in [0.15, 0.2) is 11.5 Å². The Morgan fingerprint density at radius 3 is 2.42 bits per heavy atom. The summed E-state index contributed by atoms with van der Waals surface area (Å²) >= 11 is 0. The van der Waals surface area contributed by atoms with Crippen LogP contribution in [-0.4, -0.2) is 26.7 Å². The van der Waals surface area contributed by atoms with Gasteiger partial charge in [0, 0.05) is 5.69 Å². The summed E-state index contributed by atoms with van der Waals surface area (Å²) in [5, 5.41) is 12.0. The fraction of sp³-hybridized carbons (Fsp3) is 0.200. The first-order valence-electron chi connectivity index (χ1n) is 7.99. The standard InChI is InChI=1S/C20H20N2O4/c1-4-26-18-10-5-14(12-19(18)25-3)11-15(13-21)20(23)22-16-6-8-17(24-2)9-7-16/h5-12H,4H2,1-3H3,(H,22,23)/b15-11-. The fourth-order valence-corrected chi connectivity index (χ4v) is 2.24. The summed E-state index contributed by atoms with van der Waals surface area (Å²) in [6.45, 7) is 2.39. The molecule has 2 rings (SSSR count). The average molecular weight is 352 g/mol. The number of hydrogen-bond donors (Lipinski definition) is 1. The molecule has 0 bridgehead atoms. The lowest BCUT2D eigenvalue weighted by molar-refractivity contribution is -0.112. The molecule has 6 heteroatoms. The maximum atomic E-state index is 12.3. The van der Waals surface area contributed by atoms with Crippen LogP contribution in [0.25, 0.3) is 6.08 Å². The molecule has 0 radical (unpaired) electrons. The first-order valence-corrected chi connectivity index (χ1v) is 7.99. The highest BCUT2D eigenvalue weighted by atomic mass is 16.5. The molecule has 134 valence electrons. The van der Waals surface area contributed by atoms with Crippen LogP contribution < -0.4 is 19.5 Å². The van der Waals surface area contributed by atoms with Gasteiger partial charge in [0.25, 0.3) is 5.91 Å². The molecule has 0 saturated heterocycles. The number of methoxy groups -OCH3 is 2. The van der Waals surface area contributed by atoms with Gasteiger partial charge in [-0.25, -0.2) is 0 Å². The molecule has 0 saturated carbocycles. The Bertz CT molecular complexity index is 836. The molecule has 0 aliphatic rings. The minimum atomic E-state index is -0.495. The van der Waals surface area contributed by atoms with Crippen molar-refractivity contribution in [1.29, 1.82) is 5.26 Å². The van der Waals surface area contributed by atoms with Gasteiger partial charge in [0.1, 0.15) is 17.4 Å². The fourth-order valence-electron chi connectivity index (χ4n) is 2.24. The molecule has 0 spiro atoms. The summed E-state index contributed by atoms with van der Waals surface area (Å²) in [5.41, 5.74) is 1.21. The van der Waals surface area contributed by atoms with Gasteiger partial charge in [0.2, 0.25) is 0 Å². The van der Waals surface area contributed by atoms with Gasteiger partial charge in [-0.2, -0.15) is 5.26 Å². The van der Waals surface area contributed by atoms with Crippen molar-refractivity contribution in [2.45, 2.75) is 6.92 Å². The number of rotatable bonds is 7. The smallest absolute Gasteiger partial charge is 0.266 e. The van der Waals surface area contributed by atoms with Crippen molar-refractivity contribution in [2.75, 3.05) is 26.1 Å². The van der Waals surface area contributed by atoms with E-state index in [2.05, 4.69) is 5.32 Å². The molecule has 2 aromatic rings. The van der Waals surface area contributed by atoms with E-state index in [9.17, 15) is 10.1 Å². The maximum Gasteiger partial charge on any atom is 0.266 e. The highest BCUT2D eigenvalue weighted by Crippen LogP contribution is 2.29. The van der Waals surface area contributed by atoms with Gasteiger partial charge in [-0.3, -0.25) is 4.79 Å². The molecule has 0 aliphatic carbocycles. The summed E-state index contributed by atoms with van der Waals surface area (Å²) < 4.78 is 15.8. The minimum absolute atomic E-state index is 0.0213. The van der Waals surface area contributed by atoms with E-state index >= 15 is 0 Å². The Labute approximate surface area is 152 Å². The minimum Gasteiger partial charge on any atom is -0.497 e. The van der Waals surface area contributed by atoms with E-state index in [1.807, 2.05) is 13.0 Å². The van der Waals surface area contributed by atoms with Crippen LogP contribution in [-0.2, 0) is 4.79 Å². The zero-order valence-corrected chi connectivity index (χ0v) is 14.9. The number of carbonyl (C=O) groups is 1. The van der Waals surface area contributed by atoms with Crippen LogP contribution in [0.1, 0.15) is 12.5 Å². The number of nitrogens with zero attached hydrogens (tertiary/aromatic N) is 1. The topological polar surface area (TPSA) is 80.6 Å². The third kappa shape index (κ3) is 4.77. The Balaban J connectivity index is 2.20. The number of nitriles is 1. The van der Waals surface area contributed by atoms with Crippen LogP contribution in [0.5, 0.6) is 17.2 Å². The zero-order chi connectivity index (χ0) is 18.9. The van der Waals surface area contributed by atoms with E-state index < -0.39 is 5.91 Å². The van der Waals surface area contributed by atoms with Crippen LogP contribution in [0.4, 0.5) is 5.69 Å². The second-order valence-electron chi connectivity index (χ2n) is 5.20. The van der Waals surface area contributed by atoms with Crippen molar-refractivity contribution in [3.63, 3.8) is 0 Å². The summed E-state index contributed by atoms with van der Waals surface area (Å²) in [6, 6.07) is 14.0. The molecule has 0 heterocycles. The van der Waals surface area contributed by atoms with Gasteiger partial charge in [-0.05, 0) is 55.0 Å². The third-order valence-electron chi connectivity index (χ3n) is 3.51. The van der Waals surface area contributed by atoms with Crippen molar-refractivity contribution in [1.82, 2.24) is 0 Å². The summed E-state index contributed by atoms with van der Waals surface area (Å²) in [5.74, 6) is 1.33. The van der Waals surface area contributed by atoms with E-state index in [4.69, 9.17) is 14.2 Å². The van der Waals surface area contributed by atoms with Gasteiger partial charge >= 0.3 is 0 Å². The number of hydrogen-bond acceptors (Lipinski definition) is 5. The summed E-state index contributed by atoms with van der Waals surface area (Å²) in [6.07, 6.45) is 1.50.